The Hall–Kier alpha value is -1.70. The van der Waals surface area contributed by atoms with E-state index >= 15 is 0 Å². The summed E-state index contributed by atoms with van der Waals surface area (Å²) < 4.78 is 26.8. The highest BCUT2D eigenvalue weighted by Crippen LogP contribution is 2.37. The molecule has 276 valence electrons. The Kier molecular flexibility index (Phi) is 16.7. The van der Waals surface area contributed by atoms with Crippen molar-refractivity contribution in [3.05, 3.63) is 0 Å². The van der Waals surface area contributed by atoms with Gasteiger partial charge < -0.3 is 91.3 Å². The molecule has 3 heterocycles. The molecule has 3 saturated heterocycles. The summed E-state index contributed by atoms with van der Waals surface area (Å²) >= 11 is 0. The van der Waals surface area contributed by atoms with Gasteiger partial charge in [0.1, 0.15) is 54.8 Å². The van der Waals surface area contributed by atoms with Crippen LogP contribution in [0.5, 0.6) is 0 Å². The molecule has 0 bridgehead atoms. The number of carbonyl (C=O) groups is 2. The van der Waals surface area contributed by atoms with Gasteiger partial charge in [-0.15, -0.1) is 0 Å². The summed E-state index contributed by atoms with van der Waals surface area (Å²) in [5.74, 6) is -4.21. The van der Waals surface area contributed by atoms with Gasteiger partial charge in [-0.3, -0.25) is 9.59 Å². The lowest BCUT2D eigenvalue weighted by molar-refractivity contribution is -0.283. The lowest BCUT2D eigenvalue weighted by atomic mass is 9.77. The Morgan fingerprint density at radius 2 is 0.979 bits per heavy atom. The average molecular weight is 691 g/mol. The maximum atomic E-state index is 10.9. The van der Waals surface area contributed by atoms with Gasteiger partial charge in [-0.1, -0.05) is 13.8 Å². The smallest absolute Gasteiger partial charge is 0.322 e. The zero-order valence-electron chi connectivity index (χ0n) is 26.0. The molecule has 3 aliphatic rings. The van der Waals surface area contributed by atoms with Crippen LogP contribution in [0.25, 0.3) is 0 Å². The van der Waals surface area contributed by atoms with Crippen molar-refractivity contribution in [1.29, 1.82) is 0 Å². The Morgan fingerprint density at radius 3 is 1.43 bits per heavy atom. The molecule has 0 aromatic heterocycles. The highest BCUT2D eigenvalue weighted by molar-refractivity contribution is 5.73. The van der Waals surface area contributed by atoms with E-state index in [4.69, 9.17) is 50.5 Å². The van der Waals surface area contributed by atoms with E-state index in [1.165, 1.54) is 0 Å². The van der Waals surface area contributed by atoms with Gasteiger partial charge in [0, 0.05) is 11.8 Å². The van der Waals surface area contributed by atoms with E-state index < -0.39 is 135 Å². The summed E-state index contributed by atoms with van der Waals surface area (Å²) in [7, 11) is 0. The number of ether oxygens (including phenoxy) is 5. The number of aliphatic hydroxyl groups is 9. The number of hydrogen-bond acceptors (Lipinski definition) is 18. The zero-order valence-corrected chi connectivity index (χ0v) is 26.0. The van der Waals surface area contributed by atoms with Crippen LogP contribution in [0.3, 0.4) is 0 Å². The summed E-state index contributed by atoms with van der Waals surface area (Å²) in [6.07, 6.45) is -14.1. The topological polar surface area (TPSA) is 355 Å². The van der Waals surface area contributed by atoms with Crippen LogP contribution in [0.2, 0.25) is 0 Å². The van der Waals surface area contributed by atoms with E-state index in [-0.39, 0.29) is 19.6 Å². The minimum atomic E-state index is -1.55. The Bertz CT molecular complexity index is 963. The second kappa shape index (κ2) is 18.9. The molecule has 0 amide bonds. The molecule has 15 N–H and O–H groups in total. The number of carboxylic acid groups (broad SMARTS) is 2. The number of rotatable bonds is 13. The summed E-state index contributed by atoms with van der Waals surface area (Å²) in [6.45, 7) is 1.02. The summed E-state index contributed by atoms with van der Waals surface area (Å²) in [5.41, 5.74) is 10.7. The van der Waals surface area contributed by atoms with E-state index in [2.05, 4.69) is 0 Å². The molecule has 3 rings (SSSR count). The summed E-state index contributed by atoms with van der Waals surface area (Å²) in [5, 5.41) is 105. The lowest BCUT2D eigenvalue weighted by Gasteiger charge is -2.46. The van der Waals surface area contributed by atoms with Crippen LogP contribution >= 0.6 is 0 Å². The van der Waals surface area contributed by atoms with Gasteiger partial charge in [-0.25, -0.2) is 0 Å². The minimum Gasteiger partial charge on any atom is -0.480 e. The lowest BCUT2D eigenvalue weighted by Crippen LogP contribution is -2.60. The van der Waals surface area contributed by atoms with Crippen molar-refractivity contribution < 1.29 is 89.4 Å². The van der Waals surface area contributed by atoms with Crippen molar-refractivity contribution in [3.63, 3.8) is 0 Å². The maximum absolute atomic E-state index is 10.9. The maximum Gasteiger partial charge on any atom is 0.322 e. The van der Waals surface area contributed by atoms with E-state index in [0.717, 1.165) is 0 Å². The van der Waals surface area contributed by atoms with E-state index in [0.29, 0.717) is 0 Å². The molecule has 0 aromatic rings. The van der Waals surface area contributed by atoms with Gasteiger partial charge in [0.05, 0.1) is 51.3 Å². The molecule has 3 aliphatic heterocycles. The van der Waals surface area contributed by atoms with Gasteiger partial charge in [-0.2, -0.15) is 0 Å². The summed E-state index contributed by atoms with van der Waals surface area (Å²) in [4.78, 5) is 21.4. The highest BCUT2D eigenvalue weighted by Gasteiger charge is 2.49. The van der Waals surface area contributed by atoms with Gasteiger partial charge in [0.25, 0.3) is 0 Å². The zero-order chi connectivity index (χ0) is 35.7. The predicted molar refractivity (Wildman–Crippen MR) is 153 cm³/mol. The molecule has 20 heteroatoms. The molecule has 17 atom stereocenters. The first-order valence-electron chi connectivity index (χ1n) is 15.1. The quantitative estimate of drug-likeness (QED) is 0.0854. The van der Waals surface area contributed by atoms with Crippen molar-refractivity contribution >= 4 is 11.9 Å². The van der Waals surface area contributed by atoms with E-state index in [1.54, 1.807) is 13.8 Å². The first-order valence-corrected chi connectivity index (χ1v) is 15.1. The normalized spacial score (nSPS) is 42.1. The van der Waals surface area contributed by atoms with Crippen LogP contribution in [-0.2, 0) is 33.3 Å². The van der Waals surface area contributed by atoms with Crippen LogP contribution in [0, 0.1) is 17.8 Å². The Morgan fingerprint density at radius 1 is 0.596 bits per heavy atom. The monoisotopic (exact) mass is 690 g/mol. The molecule has 0 aromatic carbocycles. The molecule has 3 fully saturated rings. The second-order valence-electron chi connectivity index (χ2n) is 12.0. The number of carboxylic acids is 2. The third-order valence-corrected chi connectivity index (χ3v) is 8.61. The third kappa shape index (κ3) is 10.6. The molecular weight excluding hydrogens is 640 g/mol. The number of nitrogens with two attached hydrogens (primary N) is 2. The number of aliphatic carboxylic acids is 2. The van der Waals surface area contributed by atoms with Crippen LogP contribution in [-0.4, -0.2) is 187 Å². The van der Waals surface area contributed by atoms with Crippen molar-refractivity contribution in [2.45, 2.75) is 106 Å². The van der Waals surface area contributed by atoms with Crippen molar-refractivity contribution in [2.24, 2.45) is 29.2 Å². The third-order valence-electron chi connectivity index (χ3n) is 8.61. The first kappa shape index (κ1) is 41.5. The largest absolute Gasteiger partial charge is 0.480 e. The predicted octanol–water partition coefficient (Wildman–Crippen LogP) is -6.53. The Labute approximate surface area is 270 Å². The molecule has 0 spiro atoms. The summed E-state index contributed by atoms with van der Waals surface area (Å²) in [6, 6.07) is -2.48. The molecule has 47 heavy (non-hydrogen) atoms. The fourth-order valence-electron chi connectivity index (χ4n) is 5.45. The first-order chi connectivity index (χ1) is 22.0. The molecule has 8 unspecified atom stereocenters. The van der Waals surface area contributed by atoms with Crippen LogP contribution in [0.4, 0.5) is 0 Å². The van der Waals surface area contributed by atoms with Gasteiger partial charge in [-0.05, 0) is 12.3 Å². The second-order valence-corrected chi connectivity index (χ2v) is 12.0. The highest BCUT2D eigenvalue weighted by atomic mass is 16.7. The van der Waals surface area contributed by atoms with E-state index in [9.17, 15) is 50.4 Å². The SMILES string of the molecule is C[C@@H]1[C@@H](OCC(N)C(=O)O)OC(CO)C(O)[C@H]1C[C@@H]1OC(CO)C(O)[C@@H](O)[C@@H]1O.C[C@@H]1[C@@H](OCC(N)C(=O)O)OC(CO)C(O)[C@H]1O. The molecular formula is C27H50N2O18. The number of hydrogen-bond donors (Lipinski definition) is 13. The van der Waals surface area contributed by atoms with Crippen LogP contribution < -0.4 is 11.5 Å². The minimum absolute atomic E-state index is 0.00547. The molecule has 0 saturated carbocycles. The molecule has 0 aliphatic carbocycles. The van der Waals surface area contributed by atoms with Gasteiger partial charge in [0.15, 0.2) is 12.6 Å². The standard InChI is InChI=1S/C17H31NO11.C10H19NO7/c1-6-7(2-9-13(22)15(24)14(23)11(4-20)28-9)12(21)10(3-19)29-17(6)27-5-8(18)16(25)26;1-4-7(13)8(14)6(2-12)18-10(4)17-3-5(11)9(15)16/h6-15,17,19-24H,2-5,18H2,1H3,(H,25,26);4-8,10,12-14H,2-3,11H2,1H3,(H,15,16)/t6-,7-,8?,9-,10?,11?,12?,13+,14?,15-,17-;4-,5?,6?,7-,8?,10-/m00/s1. The van der Waals surface area contributed by atoms with Crippen LogP contribution in [0.15, 0.2) is 0 Å². The average Bonchev–Trinajstić information content (AvgIpc) is 3.04. The fourth-order valence-corrected chi connectivity index (χ4v) is 5.45. The van der Waals surface area contributed by atoms with Crippen LogP contribution in [0.1, 0.15) is 20.3 Å². The van der Waals surface area contributed by atoms with E-state index in [1.807, 2.05) is 0 Å². The van der Waals surface area contributed by atoms with Gasteiger partial charge >= 0.3 is 11.9 Å². The van der Waals surface area contributed by atoms with Crippen molar-refractivity contribution in [2.75, 3.05) is 33.0 Å². The fraction of sp³-hybridized carbons (Fsp3) is 0.926. The molecule has 20 nitrogen and oxygen atoms in total. The van der Waals surface area contributed by atoms with Crippen molar-refractivity contribution in [1.82, 2.24) is 0 Å². The van der Waals surface area contributed by atoms with Gasteiger partial charge in [0.2, 0.25) is 0 Å². The Balaban J connectivity index is 0.000000366. The molecule has 0 radical (unpaired) electrons. The van der Waals surface area contributed by atoms with Crippen molar-refractivity contribution in [3.8, 4) is 0 Å². The number of aliphatic hydroxyl groups excluding tert-OH is 9.